The molecule has 2 aromatic carbocycles. The van der Waals surface area contributed by atoms with Gasteiger partial charge in [-0.05, 0) is 42.7 Å². The van der Waals surface area contributed by atoms with Crippen LogP contribution in [0.3, 0.4) is 0 Å². The second-order valence-electron chi connectivity index (χ2n) is 9.77. The van der Waals surface area contributed by atoms with Crippen molar-refractivity contribution in [2.45, 2.75) is 26.3 Å². The summed E-state index contributed by atoms with van der Waals surface area (Å²) in [5.41, 5.74) is 1.17. The van der Waals surface area contributed by atoms with Gasteiger partial charge in [-0.1, -0.05) is 32.0 Å². The molecule has 2 heterocycles. The molecule has 4 rings (SSSR count). The second-order valence-corrected chi connectivity index (χ2v) is 9.77. The molecule has 37 heavy (non-hydrogen) atoms. The average molecular weight is 509 g/mol. The van der Waals surface area contributed by atoms with E-state index in [9.17, 15) is 14.7 Å². The lowest BCUT2D eigenvalue weighted by Crippen LogP contribution is -2.39. The Balaban J connectivity index is 1.65. The predicted molar refractivity (Wildman–Crippen MR) is 141 cm³/mol. The average Bonchev–Trinajstić information content (AvgIpc) is 3.17. The minimum absolute atomic E-state index is 0.0664. The van der Waals surface area contributed by atoms with Gasteiger partial charge in [-0.25, -0.2) is 0 Å². The van der Waals surface area contributed by atoms with Crippen molar-refractivity contribution >= 4 is 17.4 Å². The fourth-order valence-electron chi connectivity index (χ4n) is 4.74. The molecule has 0 bridgehead atoms. The van der Waals surface area contributed by atoms with E-state index in [0.717, 1.165) is 19.6 Å². The Morgan fingerprint density at radius 3 is 2.43 bits per heavy atom. The number of ketones is 1. The maximum atomic E-state index is 13.3. The first-order valence-corrected chi connectivity index (χ1v) is 12.9. The van der Waals surface area contributed by atoms with Gasteiger partial charge in [-0.15, -0.1) is 0 Å². The van der Waals surface area contributed by atoms with E-state index < -0.39 is 17.7 Å². The summed E-state index contributed by atoms with van der Waals surface area (Å²) in [6.45, 7) is 8.99. The number of aliphatic hydroxyl groups is 1. The van der Waals surface area contributed by atoms with E-state index in [2.05, 4.69) is 18.7 Å². The summed E-state index contributed by atoms with van der Waals surface area (Å²) >= 11 is 0. The number of methoxy groups -OCH3 is 1. The molecule has 0 aliphatic carbocycles. The Labute approximate surface area is 218 Å². The summed E-state index contributed by atoms with van der Waals surface area (Å²) in [6, 6.07) is 13.5. The summed E-state index contributed by atoms with van der Waals surface area (Å²) < 4.78 is 16.7. The number of likely N-dealkylation sites (tertiary alicyclic amines) is 1. The van der Waals surface area contributed by atoms with Gasteiger partial charge in [-0.3, -0.25) is 14.5 Å². The number of hydrogen-bond acceptors (Lipinski definition) is 7. The molecule has 0 unspecified atom stereocenters. The Bertz CT molecular complexity index is 1120. The first-order chi connectivity index (χ1) is 17.9. The molecule has 1 amide bonds. The van der Waals surface area contributed by atoms with E-state index in [1.807, 2.05) is 18.2 Å². The lowest BCUT2D eigenvalue weighted by molar-refractivity contribution is -0.140. The van der Waals surface area contributed by atoms with Crippen molar-refractivity contribution in [1.29, 1.82) is 0 Å². The third-order valence-electron chi connectivity index (χ3n) is 6.66. The fourth-order valence-corrected chi connectivity index (χ4v) is 4.74. The zero-order valence-electron chi connectivity index (χ0n) is 21.8. The molecule has 8 nitrogen and oxygen atoms in total. The number of amides is 1. The minimum atomic E-state index is -0.752. The predicted octanol–water partition coefficient (Wildman–Crippen LogP) is 3.87. The molecule has 1 atom stereocenters. The van der Waals surface area contributed by atoms with E-state index in [1.165, 1.54) is 0 Å². The van der Waals surface area contributed by atoms with Crippen molar-refractivity contribution < 1.29 is 28.9 Å². The van der Waals surface area contributed by atoms with Gasteiger partial charge in [0, 0.05) is 37.3 Å². The van der Waals surface area contributed by atoms with Crippen molar-refractivity contribution in [3.63, 3.8) is 0 Å². The molecule has 0 radical (unpaired) electrons. The van der Waals surface area contributed by atoms with Gasteiger partial charge in [0.15, 0.2) is 0 Å². The van der Waals surface area contributed by atoms with Crippen LogP contribution in [-0.4, -0.2) is 79.7 Å². The molecule has 2 saturated heterocycles. The zero-order valence-corrected chi connectivity index (χ0v) is 21.8. The second kappa shape index (κ2) is 12.3. The molecule has 2 aliphatic heterocycles. The maximum absolute atomic E-state index is 13.3. The summed E-state index contributed by atoms with van der Waals surface area (Å²) in [5.74, 6) is 0.0933. The van der Waals surface area contributed by atoms with Crippen molar-refractivity contribution in [1.82, 2.24) is 9.80 Å². The third-order valence-corrected chi connectivity index (χ3v) is 6.66. The summed E-state index contributed by atoms with van der Waals surface area (Å²) in [7, 11) is 1.55. The van der Waals surface area contributed by atoms with E-state index in [4.69, 9.17) is 14.2 Å². The highest BCUT2D eigenvalue weighted by molar-refractivity contribution is 6.46. The van der Waals surface area contributed by atoms with Crippen molar-refractivity contribution in [3.8, 4) is 11.5 Å². The Kier molecular flexibility index (Phi) is 8.84. The number of ether oxygens (including phenoxy) is 3. The molecule has 0 spiro atoms. The normalized spacial score (nSPS) is 20.0. The van der Waals surface area contributed by atoms with Gasteiger partial charge in [0.25, 0.3) is 11.7 Å². The van der Waals surface area contributed by atoms with Crippen LogP contribution in [0.1, 0.15) is 37.4 Å². The van der Waals surface area contributed by atoms with Crippen molar-refractivity contribution in [3.05, 3.63) is 65.2 Å². The molecule has 8 heteroatoms. The summed E-state index contributed by atoms with van der Waals surface area (Å²) in [6.07, 6.45) is 0.695. The van der Waals surface area contributed by atoms with Crippen LogP contribution in [-0.2, 0) is 14.3 Å². The number of carbonyl (C=O) groups is 2. The quantitative estimate of drug-likeness (QED) is 0.296. The highest BCUT2D eigenvalue weighted by Crippen LogP contribution is 2.42. The number of Topliss-reactive ketones (excluding diaryl/α,β-unsaturated/α-hetero) is 1. The van der Waals surface area contributed by atoms with Crippen LogP contribution >= 0.6 is 0 Å². The minimum Gasteiger partial charge on any atom is -0.507 e. The Morgan fingerprint density at radius 2 is 1.76 bits per heavy atom. The zero-order chi connectivity index (χ0) is 26.4. The molecule has 2 fully saturated rings. The number of hydrogen-bond donors (Lipinski definition) is 1. The van der Waals surface area contributed by atoms with Gasteiger partial charge >= 0.3 is 0 Å². The standard InChI is InChI=1S/C29H36N2O6/c1-20(2)19-37-22-11-9-21(10-12-22)27(32)25-26(23-7-4-5-8-24(23)35-3)31(29(34)28(25)33)14-6-13-30-15-17-36-18-16-30/h4-5,7-12,20,26,32H,6,13-19H2,1-3H3/t26-/m0/s1. The first-order valence-electron chi connectivity index (χ1n) is 12.9. The highest BCUT2D eigenvalue weighted by atomic mass is 16.5. The van der Waals surface area contributed by atoms with E-state index >= 15 is 0 Å². The van der Waals surface area contributed by atoms with Gasteiger partial charge in [0.05, 0.1) is 38.5 Å². The number of carbonyl (C=O) groups excluding carboxylic acids is 2. The highest BCUT2D eigenvalue weighted by Gasteiger charge is 2.46. The molecule has 1 N–H and O–H groups in total. The van der Waals surface area contributed by atoms with Crippen LogP contribution in [0.5, 0.6) is 11.5 Å². The van der Waals surface area contributed by atoms with Gasteiger partial charge in [0.2, 0.25) is 0 Å². The Morgan fingerprint density at radius 1 is 1.05 bits per heavy atom. The first kappa shape index (κ1) is 26.7. The van der Waals surface area contributed by atoms with Crippen molar-refractivity contribution in [2.75, 3.05) is 53.1 Å². The van der Waals surface area contributed by atoms with Crippen LogP contribution in [0.2, 0.25) is 0 Å². The van der Waals surface area contributed by atoms with E-state index in [0.29, 0.717) is 61.3 Å². The number of nitrogens with zero attached hydrogens (tertiary/aromatic N) is 2. The van der Waals surface area contributed by atoms with Crippen LogP contribution < -0.4 is 9.47 Å². The number of rotatable bonds is 10. The van der Waals surface area contributed by atoms with Crippen LogP contribution in [0.4, 0.5) is 0 Å². The number of benzene rings is 2. The lowest BCUT2D eigenvalue weighted by Gasteiger charge is -2.29. The van der Waals surface area contributed by atoms with Gasteiger partial charge in [-0.2, -0.15) is 0 Å². The van der Waals surface area contributed by atoms with Crippen LogP contribution in [0, 0.1) is 5.92 Å². The topological polar surface area (TPSA) is 88.5 Å². The fraction of sp³-hybridized carbons (Fsp3) is 0.448. The molecule has 2 aliphatic rings. The molecule has 2 aromatic rings. The SMILES string of the molecule is COc1ccccc1[C@H]1C(=C(O)c2ccc(OCC(C)C)cc2)C(=O)C(=O)N1CCCN1CCOCC1. The summed E-state index contributed by atoms with van der Waals surface area (Å²) in [4.78, 5) is 30.4. The van der Waals surface area contributed by atoms with E-state index in [1.54, 1.807) is 42.3 Å². The maximum Gasteiger partial charge on any atom is 0.295 e. The van der Waals surface area contributed by atoms with Crippen LogP contribution in [0.25, 0.3) is 5.76 Å². The molecular formula is C29H36N2O6. The molecule has 0 saturated carbocycles. The van der Waals surface area contributed by atoms with E-state index in [-0.39, 0.29) is 11.3 Å². The summed E-state index contributed by atoms with van der Waals surface area (Å²) in [5, 5.41) is 11.3. The van der Waals surface area contributed by atoms with Crippen molar-refractivity contribution in [2.24, 2.45) is 5.92 Å². The van der Waals surface area contributed by atoms with Crippen LogP contribution in [0.15, 0.2) is 54.1 Å². The third kappa shape index (κ3) is 6.14. The largest absolute Gasteiger partial charge is 0.507 e. The number of para-hydroxylation sites is 1. The van der Waals surface area contributed by atoms with Gasteiger partial charge < -0.3 is 24.2 Å². The molecule has 0 aromatic heterocycles. The Hall–Kier alpha value is -3.36. The smallest absolute Gasteiger partial charge is 0.295 e. The monoisotopic (exact) mass is 508 g/mol. The number of aliphatic hydroxyl groups excluding tert-OH is 1. The van der Waals surface area contributed by atoms with Gasteiger partial charge in [0.1, 0.15) is 17.3 Å². The lowest BCUT2D eigenvalue weighted by atomic mass is 9.94. The number of morpholine rings is 1. The molecule has 198 valence electrons. The molecular weight excluding hydrogens is 472 g/mol.